The van der Waals surface area contributed by atoms with E-state index < -0.39 is 10.0 Å². The van der Waals surface area contributed by atoms with Crippen LogP contribution < -0.4 is 4.72 Å². The summed E-state index contributed by atoms with van der Waals surface area (Å²) in [4.78, 5) is 7.27. The maximum Gasteiger partial charge on any atom is 0.264 e. The average Bonchev–Trinajstić information content (AvgIpc) is 2.74. The molecule has 1 aliphatic carbocycles. The standard InChI is InChI=1S/C23H29N3O2S/c1-18-11-13-22(14-12-18)29(27,28)25-23(24-21-9-3-2-4-10-21)26-16-15-19-7-5-6-8-20(19)17-26/h5-8,11-14,21H,2-4,9-10,15-17H2,1H3,(H,24,25). The zero-order valence-electron chi connectivity index (χ0n) is 17.0. The van der Waals surface area contributed by atoms with E-state index in [4.69, 9.17) is 4.99 Å². The monoisotopic (exact) mass is 411 g/mol. The van der Waals surface area contributed by atoms with Gasteiger partial charge in [0.1, 0.15) is 0 Å². The number of aryl methyl sites for hydroxylation is 1. The molecule has 2 aromatic rings. The summed E-state index contributed by atoms with van der Waals surface area (Å²) in [6.45, 7) is 3.39. The van der Waals surface area contributed by atoms with Crippen molar-refractivity contribution in [2.45, 2.75) is 62.9 Å². The molecule has 1 saturated carbocycles. The van der Waals surface area contributed by atoms with Crippen molar-refractivity contribution >= 4 is 16.0 Å². The molecule has 2 aliphatic rings. The van der Waals surface area contributed by atoms with Crippen LogP contribution in [0.1, 0.15) is 48.8 Å². The third-order valence-electron chi connectivity index (χ3n) is 5.87. The van der Waals surface area contributed by atoms with Gasteiger partial charge in [0.2, 0.25) is 5.96 Å². The Morgan fingerprint density at radius 3 is 2.41 bits per heavy atom. The van der Waals surface area contributed by atoms with Gasteiger partial charge in [-0.3, -0.25) is 0 Å². The number of fused-ring (bicyclic) bond motifs is 1. The molecule has 1 heterocycles. The number of nitrogens with one attached hydrogen (secondary N) is 1. The van der Waals surface area contributed by atoms with Crippen molar-refractivity contribution in [1.82, 2.24) is 9.62 Å². The first-order valence-corrected chi connectivity index (χ1v) is 12.0. The molecule has 0 atom stereocenters. The lowest BCUT2D eigenvalue weighted by Crippen LogP contribution is -2.47. The number of aliphatic imine (C=N–C) groups is 1. The molecule has 0 amide bonds. The summed E-state index contributed by atoms with van der Waals surface area (Å²) in [7, 11) is -3.68. The van der Waals surface area contributed by atoms with Crippen molar-refractivity contribution < 1.29 is 8.42 Å². The molecular formula is C23H29N3O2S. The molecule has 0 bridgehead atoms. The average molecular weight is 412 g/mol. The fourth-order valence-corrected chi connectivity index (χ4v) is 5.16. The molecule has 1 fully saturated rings. The maximum atomic E-state index is 13.1. The highest BCUT2D eigenvalue weighted by Gasteiger charge is 2.25. The number of sulfonamides is 1. The fourth-order valence-electron chi connectivity index (χ4n) is 4.13. The van der Waals surface area contributed by atoms with Crippen LogP contribution in [0.15, 0.2) is 58.4 Å². The Bertz CT molecular complexity index is 977. The minimum absolute atomic E-state index is 0.191. The maximum absolute atomic E-state index is 13.1. The van der Waals surface area contributed by atoms with E-state index in [0.717, 1.165) is 44.2 Å². The summed E-state index contributed by atoms with van der Waals surface area (Å²) in [6.07, 6.45) is 6.52. The SMILES string of the molecule is Cc1ccc(S(=O)(=O)NC(=NC2CCCCC2)N2CCc3ccccc3C2)cc1. The second-order valence-corrected chi connectivity index (χ2v) is 9.79. The Morgan fingerprint density at radius 1 is 1.00 bits per heavy atom. The molecular weight excluding hydrogens is 382 g/mol. The van der Waals surface area contributed by atoms with Crippen molar-refractivity contribution in [3.63, 3.8) is 0 Å². The molecule has 0 spiro atoms. The van der Waals surface area contributed by atoms with Crippen LogP contribution in [0, 0.1) is 6.92 Å². The Morgan fingerprint density at radius 2 is 1.69 bits per heavy atom. The van der Waals surface area contributed by atoms with Crippen molar-refractivity contribution in [2.75, 3.05) is 6.54 Å². The lowest BCUT2D eigenvalue weighted by molar-refractivity contribution is 0.373. The third-order valence-corrected chi connectivity index (χ3v) is 7.21. The fraction of sp³-hybridized carbons (Fsp3) is 0.435. The molecule has 2 aromatic carbocycles. The van der Waals surface area contributed by atoms with Gasteiger partial charge in [0.05, 0.1) is 10.9 Å². The molecule has 1 N–H and O–H groups in total. The van der Waals surface area contributed by atoms with Gasteiger partial charge in [-0.25, -0.2) is 18.1 Å². The smallest absolute Gasteiger partial charge is 0.264 e. The second kappa shape index (κ2) is 8.57. The minimum Gasteiger partial charge on any atom is -0.338 e. The number of benzene rings is 2. The van der Waals surface area contributed by atoms with Crippen LogP contribution in [0.25, 0.3) is 0 Å². The lowest BCUT2D eigenvalue weighted by atomic mass is 9.96. The van der Waals surface area contributed by atoms with Gasteiger partial charge in [0, 0.05) is 13.1 Å². The molecule has 0 radical (unpaired) electrons. The van der Waals surface area contributed by atoms with Crippen LogP contribution in [0.2, 0.25) is 0 Å². The molecule has 29 heavy (non-hydrogen) atoms. The van der Waals surface area contributed by atoms with Gasteiger partial charge in [0.25, 0.3) is 10.0 Å². The Kier molecular flexibility index (Phi) is 5.90. The lowest BCUT2D eigenvalue weighted by Gasteiger charge is -2.32. The molecule has 1 aliphatic heterocycles. The number of nitrogens with zero attached hydrogens (tertiary/aromatic N) is 2. The summed E-state index contributed by atoms with van der Waals surface area (Å²) in [6, 6.07) is 15.5. The third kappa shape index (κ3) is 4.81. The molecule has 6 heteroatoms. The second-order valence-electron chi connectivity index (χ2n) is 8.10. The van der Waals surface area contributed by atoms with E-state index in [1.165, 1.54) is 17.5 Å². The van der Waals surface area contributed by atoms with Crippen molar-refractivity contribution in [3.8, 4) is 0 Å². The van der Waals surface area contributed by atoms with Gasteiger partial charge in [0.15, 0.2) is 0 Å². The van der Waals surface area contributed by atoms with Crippen molar-refractivity contribution in [1.29, 1.82) is 0 Å². The number of rotatable bonds is 3. The van der Waals surface area contributed by atoms with E-state index in [0.29, 0.717) is 12.5 Å². The van der Waals surface area contributed by atoms with E-state index in [9.17, 15) is 8.42 Å². The molecule has 0 aromatic heterocycles. The first-order chi connectivity index (χ1) is 14.0. The zero-order valence-corrected chi connectivity index (χ0v) is 17.8. The molecule has 0 unspecified atom stereocenters. The topological polar surface area (TPSA) is 61.8 Å². The first kappa shape index (κ1) is 20.0. The highest BCUT2D eigenvalue weighted by Crippen LogP contribution is 2.23. The summed E-state index contributed by atoms with van der Waals surface area (Å²) in [5, 5.41) is 0. The van der Waals surface area contributed by atoms with Crippen molar-refractivity contribution in [2.24, 2.45) is 4.99 Å². The molecule has 0 saturated heterocycles. The van der Waals surface area contributed by atoms with Crippen molar-refractivity contribution in [3.05, 3.63) is 65.2 Å². The quantitative estimate of drug-likeness (QED) is 0.613. The van der Waals surface area contributed by atoms with Crippen LogP contribution >= 0.6 is 0 Å². The molecule has 4 rings (SSSR count). The Hall–Kier alpha value is -2.34. The summed E-state index contributed by atoms with van der Waals surface area (Å²) >= 11 is 0. The first-order valence-electron chi connectivity index (χ1n) is 10.5. The van der Waals surface area contributed by atoms with Crippen LogP contribution in [0.4, 0.5) is 0 Å². The van der Waals surface area contributed by atoms with Crippen LogP contribution in [-0.2, 0) is 23.0 Å². The van der Waals surface area contributed by atoms with Crippen LogP contribution in [-0.4, -0.2) is 31.9 Å². The summed E-state index contributed by atoms with van der Waals surface area (Å²) in [5.41, 5.74) is 3.61. The molecule has 5 nitrogen and oxygen atoms in total. The summed E-state index contributed by atoms with van der Waals surface area (Å²) < 4.78 is 29.0. The largest absolute Gasteiger partial charge is 0.338 e. The van der Waals surface area contributed by atoms with Crippen LogP contribution in [0.3, 0.4) is 0 Å². The van der Waals surface area contributed by atoms with Gasteiger partial charge < -0.3 is 4.90 Å². The number of hydrogen-bond donors (Lipinski definition) is 1. The number of hydrogen-bond acceptors (Lipinski definition) is 3. The van der Waals surface area contributed by atoms with Gasteiger partial charge in [-0.05, 0) is 49.4 Å². The van der Waals surface area contributed by atoms with Gasteiger partial charge >= 0.3 is 0 Å². The number of guanidine groups is 1. The predicted octanol–water partition coefficient (Wildman–Crippen LogP) is 4.02. The summed E-state index contributed by atoms with van der Waals surface area (Å²) in [5.74, 6) is 0.493. The Labute approximate surface area is 173 Å². The highest BCUT2D eigenvalue weighted by molar-refractivity contribution is 7.90. The van der Waals surface area contributed by atoms with Crippen LogP contribution in [0.5, 0.6) is 0 Å². The predicted molar refractivity (Wildman–Crippen MR) is 116 cm³/mol. The Balaban J connectivity index is 1.62. The normalized spacial score (nSPS) is 18.4. The van der Waals surface area contributed by atoms with E-state index in [1.807, 2.05) is 25.1 Å². The zero-order chi connectivity index (χ0) is 20.3. The van der Waals surface area contributed by atoms with Gasteiger partial charge in [-0.2, -0.15) is 0 Å². The molecule has 154 valence electrons. The van der Waals surface area contributed by atoms with E-state index >= 15 is 0 Å². The highest BCUT2D eigenvalue weighted by atomic mass is 32.2. The van der Waals surface area contributed by atoms with Gasteiger partial charge in [-0.15, -0.1) is 0 Å². The minimum atomic E-state index is -3.68. The van der Waals surface area contributed by atoms with E-state index in [1.54, 1.807) is 12.1 Å². The van der Waals surface area contributed by atoms with Gasteiger partial charge in [-0.1, -0.05) is 61.2 Å². The van der Waals surface area contributed by atoms with E-state index in [-0.39, 0.29) is 10.9 Å². The van der Waals surface area contributed by atoms with E-state index in [2.05, 4.69) is 27.8 Å².